The lowest BCUT2D eigenvalue weighted by Gasteiger charge is -2.15. The molecule has 0 unspecified atom stereocenters. The summed E-state index contributed by atoms with van der Waals surface area (Å²) >= 11 is 4.69. The Morgan fingerprint density at radius 2 is 2.08 bits per heavy atom. The van der Waals surface area contributed by atoms with E-state index in [-0.39, 0.29) is 6.54 Å². The van der Waals surface area contributed by atoms with E-state index in [0.29, 0.717) is 18.0 Å². The van der Waals surface area contributed by atoms with Crippen molar-refractivity contribution >= 4 is 17.2 Å². The summed E-state index contributed by atoms with van der Waals surface area (Å²) in [4.78, 5) is 2.11. The second kappa shape index (κ2) is 7.15. The number of alkyl halides is 2. The zero-order chi connectivity index (χ0) is 10.3. The van der Waals surface area contributed by atoms with Gasteiger partial charge < -0.3 is 10.6 Å². The molecule has 0 amide bonds. The number of nitrogens with two attached hydrogens (primary N) is 1. The van der Waals surface area contributed by atoms with Crippen LogP contribution in [-0.2, 0) is 0 Å². The average molecular weight is 210 g/mol. The number of nitrogens with zero attached hydrogens (tertiary/aromatic N) is 1. The Kier molecular flexibility index (Phi) is 6.99. The predicted octanol–water partition coefficient (Wildman–Crippen LogP) is 1.64. The van der Waals surface area contributed by atoms with E-state index in [2.05, 4.69) is 12.2 Å². The van der Waals surface area contributed by atoms with Crippen LogP contribution < -0.4 is 5.73 Å². The molecule has 78 valence electrons. The van der Waals surface area contributed by atoms with Gasteiger partial charge in [0.2, 0.25) is 0 Å². The SMILES string of the molecule is CN(CCCCC(N)=S)CC(F)F. The number of hydrogen-bond donors (Lipinski definition) is 1. The van der Waals surface area contributed by atoms with E-state index in [9.17, 15) is 8.78 Å². The van der Waals surface area contributed by atoms with Gasteiger partial charge >= 0.3 is 0 Å². The lowest BCUT2D eigenvalue weighted by molar-refractivity contribution is 0.0997. The molecule has 0 fully saturated rings. The summed E-state index contributed by atoms with van der Waals surface area (Å²) in [7, 11) is 1.69. The molecule has 0 radical (unpaired) electrons. The minimum absolute atomic E-state index is 0.160. The first-order chi connectivity index (χ1) is 6.02. The minimum atomic E-state index is -2.25. The van der Waals surface area contributed by atoms with Gasteiger partial charge in [-0.05, 0) is 32.9 Å². The van der Waals surface area contributed by atoms with Crippen LogP contribution in [-0.4, -0.2) is 36.5 Å². The van der Waals surface area contributed by atoms with Gasteiger partial charge in [0.15, 0.2) is 0 Å². The molecule has 0 rings (SSSR count). The van der Waals surface area contributed by atoms with Crippen molar-refractivity contribution < 1.29 is 8.78 Å². The Morgan fingerprint density at radius 1 is 1.46 bits per heavy atom. The summed E-state index contributed by atoms with van der Waals surface area (Å²) in [5.41, 5.74) is 5.29. The Morgan fingerprint density at radius 3 is 2.54 bits per heavy atom. The van der Waals surface area contributed by atoms with E-state index in [0.717, 1.165) is 12.8 Å². The fourth-order valence-corrected chi connectivity index (χ4v) is 1.15. The van der Waals surface area contributed by atoms with Crippen LogP contribution >= 0.6 is 12.2 Å². The fourth-order valence-electron chi connectivity index (χ4n) is 1.01. The standard InChI is InChI=1S/C8H16F2N2S/c1-12(6-7(9)10)5-3-2-4-8(11)13/h7H,2-6H2,1H3,(H2,11,13). The molecule has 2 N–H and O–H groups in total. The molecule has 0 aliphatic carbocycles. The quantitative estimate of drug-likeness (QED) is 0.511. The van der Waals surface area contributed by atoms with Crippen molar-refractivity contribution in [1.29, 1.82) is 0 Å². The van der Waals surface area contributed by atoms with E-state index in [1.807, 2.05) is 0 Å². The van der Waals surface area contributed by atoms with Gasteiger partial charge in [0.25, 0.3) is 6.43 Å². The summed E-state index contributed by atoms with van der Waals surface area (Å²) in [5.74, 6) is 0. The molecule has 0 aromatic heterocycles. The van der Waals surface area contributed by atoms with Crippen molar-refractivity contribution in [2.24, 2.45) is 5.73 Å². The maximum Gasteiger partial charge on any atom is 0.251 e. The minimum Gasteiger partial charge on any atom is -0.393 e. The topological polar surface area (TPSA) is 29.3 Å². The van der Waals surface area contributed by atoms with E-state index in [4.69, 9.17) is 5.73 Å². The van der Waals surface area contributed by atoms with Crippen molar-refractivity contribution in [1.82, 2.24) is 4.90 Å². The third-order valence-corrected chi connectivity index (χ3v) is 1.87. The highest BCUT2D eigenvalue weighted by atomic mass is 32.1. The Labute approximate surface area is 83.1 Å². The molecule has 5 heteroatoms. The van der Waals surface area contributed by atoms with Gasteiger partial charge in [0, 0.05) is 0 Å². The summed E-state index contributed by atoms with van der Waals surface area (Å²) in [5, 5.41) is 0. The van der Waals surface area contributed by atoms with Crippen LogP contribution in [0.4, 0.5) is 8.78 Å². The highest BCUT2D eigenvalue weighted by Gasteiger charge is 2.06. The molecule has 0 aromatic carbocycles. The van der Waals surface area contributed by atoms with Crippen LogP contribution in [0.5, 0.6) is 0 Å². The van der Waals surface area contributed by atoms with Crippen LogP contribution in [0.15, 0.2) is 0 Å². The van der Waals surface area contributed by atoms with Crippen LogP contribution in [0, 0.1) is 0 Å². The maximum atomic E-state index is 11.8. The Balaban J connectivity index is 3.26. The predicted molar refractivity (Wildman–Crippen MR) is 54.1 cm³/mol. The normalized spacial score (nSPS) is 11.2. The molecule has 0 atom stereocenters. The van der Waals surface area contributed by atoms with Crippen LogP contribution in [0.3, 0.4) is 0 Å². The first kappa shape index (κ1) is 12.7. The smallest absolute Gasteiger partial charge is 0.251 e. The lowest BCUT2D eigenvalue weighted by Crippen LogP contribution is -2.25. The first-order valence-corrected chi connectivity index (χ1v) is 4.68. The largest absolute Gasteiger partial charge is 0.393 e. The van der Waals surface area contributed by atoms with Crippen LogP contribution in [0.1, 0.15) is 19.3 Å². The summed E-state index contributed by atoms with van der Waals surface area (Å²) in [6.07, 6.45) is 0.196. The summed E-state index contributed by atoms with van der Waals surface area (Å²) < 4.78 is 23.7. The van der Waals surface area contributed by atoms with Gasteiger partial charge in [-0.1, -0.05) is 12.2 Å². The van der Waals surface area contributed by atoms with Gasteiger partial charge in [-0.2, -0.15) is 0 Å². The number of rotatable bonds is 7. The molecule has 0 saturated heterocycles. The third kappa shape index (κ3) is 9.63. The monoisotopic (exact) mass is 210 g/mol. The van der Waals surface area contributed by atoms with Crippen molar-refractivity contribution in [3.8, 4) is 0 Å². The highest BCUT2D eigenvalue weighted by molar-refractivity contribution is 7.80. The number of thiocarbonyl (C=S) groups is 1. The molecule has 0 aromatic rings. The Bertz CT molecular complexity index is 153. The third-order valence-electron chi connectivity index (χ3n) is 1.66. The molecule has 0 saturated carbocycles. The second-order valence-corrected chi connectivity index (χ2v) is 3.60. The number of unbranched alkanes of at least 4 members (excludes halogenated alkanes) is 1. The van der Waals surface area contributed by atoms with Gasteiger partial charge in [0.1, 0.15) is 0 Å². The second-order valence-electron chi connectivity index (χ2n) is 3.08. The molecular weight excluding hydrogens is 194 g/mol. The first-order valence-electron chi connectivity index (χ1n) is 4.27. The van der Waals surface area contributed by atoms with Gasteiger partial charge in [-0.25, -0.2) is 8.78 Å². The van der Waals surface area contributed by atoms with Gasteiger partial charge in [0.05, 0.1) is 11.5 Å². The van der Waals surface area contributed by atoms with E-state index < -0.39 is 6.43 Å². The zero-order valence-electron chi connectivity index (χ0n) is 7.80. The number of halogens is 2. The van der Waals surface area contributed by atoms with Crippen molar-refractivity contribution in [3.05, 3.63) is 0 Å². The van der Waals surface area contributed by atoms with E-state index in [1.165, 1.54) is 0 Å². The van der Waals surface area contributed by atoms with Crippen molar-refractivity contribution in [2.75, 3.05) is 20.1 Å². The van der Waals surface area contributed by atoms with Gasteiger partial charge in [-0.15, -0.1) is 0 Å². The molecule has 0 spiro atoms. The summed E-state index contributed by atoms with van der Waals surface area (Å²) in [6.45, 7) is 0.514. The average Bonchev–Trinajstić information content (AvgIpc) is 1.96. The van der Waals surface area contributed by atoms with Crippen LogP contribution in [0.2, 0.25) is 0 Å². The van der Waals surface area contributed by atoms with Gasteiger partial charge in [-0.3, -0.25) is 0 Å². The summed E-state index contributed by atoms with van der Waals surface area (Å²) in [6, 6.07) is 0. The molecule has 0 bridgehead atoms. The lowest BCUT2D eigenvalue weighted by atomic mass is 10.2. The number of hydrogen-bond acceptors (Lipinski definition) is 2. The maximum absolute atomic E-state index is 11.8. The van der Waals surface area contributed by atoms with E-state index in [1.54, 1.807) is 11.9 Å². The van der Waals surface area contributed by atoms with E-state index >= 15 is 0 Å². The molecule has 0 heterocycles. The highest BCUT2D eigenvalue weighted by Crippen LogP contribution is 2.00. The molecule has 0 aliphatic heterocycles. The Hall–Kier alpha value is -0.290. The molecule has 2 nitrogen and oxygen atoms in total. The molecule has 13 heavy (non-hydrogen) atoms. The van der Waals surface area contributed by atoms with Crippen molar-refractivity contribution in [3.63, 3.8) is 0 Å². The van der Waals surface area contributed by atoms with Crippen molar-refractivity contribution in [2.45, 2.75) is 25.7 Å². The molecule has 0 aliphatic rings. The fraction of sp³-hybridized carbons (Fsp3) is 0.875. The zero-order valence-corrected chi connectivity index (χ0v) is 8.62. The molecular formula is C8H16F2N2S. The van der Waals surface area contributed by atoms with Crippen LogP contribution in [0.25, 0.3) is 0 Å².